The van der Waals surface area contributed by atoms with Crippen LogP contribution in [0, 0.1) is 6.92 Å². The van der Waals surface area contributed by atoms with Gasteiger partial charge in [0.05, 0.1) is 29.0 Å². The maximum absolute atomic E-state index is 13.1. The number of aryl methyl sites for hydroxylation is 1. The van der Waals surface area contributed by atoms with Crippen LogP contribution in [0.2, 0.25) is 0 Å². The standard InChI is InChI=1S/C22H16N2O4/c1-10-5-6-16-18-11(10)3-2-4-12(18)14-8-24-17(19(14)23-16)7-13-15(21(24)26)9-28-22(27)20(13)25/h2-3,5-7,20,25H,4,8-9H2,1H3. The molecule has 0 radical (unpaired) electrons. The summed E-state index contributed by atoms with van der Waals surface area (Å²) in [5.41, 5.74) is 7.41. The Labute approximate surface area is 159 Å². The second-order valence-electron chi connectivity index (χ2n) is 7.58. The van der Waals surface area contributed by atoms with E-state index in [2.05, 4.69) is 25.1 Å². The number of hydrogen-bond acceptors (Lipinski definition) is 5. The van der Waals surface area contributed by atoms with Crippen LogP contribution in [-0.4, -0.2) is 20.6 Å². The Morgan fingerprint density at radius 1 is 1.21 bits per heavy atom. The highest BCUT2D eigenvalue weighted by Crippen LogP contribution is 2.40. The molecule has 2 aliphatic heterocycles. The molecule has 0 bridgehead atoms. The summed E-state index contributed by atoms with van der Waals surface area (Å²) in [7, 11) is 0. The molecule has 1 aromatic carbocycles. The van der Waals surface area contributed by atoms with Crippen molar-refractivity contribution < 1.29 is 14.6 Å². The van der Waals surface area contributed by atoms with Crippen molar-refractivity contribution in [3.05, 3.63) is 68.0 Å². The van der Waals surface area contributed by atoms with Crippen molar-refractivity contribution in [3.8, 4) is 11.4 Å². The summed E-state index contributed by atoms with van der Waals surface area (Å²) in [4.78, 5) is 29.7. The summed E-state index contributed by atoms with van der Waals surface area (Å²) >= 11 is 0. The molecule has 0 amide bonds. The number of aromatic nitrogens is 2. The normalized spacial score (nSPS) is 18.6. The van der Waals surface area contributed by atoms with Gasteiger partial charge in [-0.3, -0.25) is 4.79 Å². The molecule has 138 valence electrons. The van der Waals surface area contributed by atoms with Crippen LogP contribution < -0.4 is 5.56 Å². The van der Waals surface area contributed by atoms with Gasteiger partial charge >= 0.3 is 5.97 Å². The van der Waals surface area contributed by atoms with E-state index in [-0.39, 0.29) is 12.2 Å². The van der Waals surface area contributed by atoms with E-state index in [1.54, 1.807) is 10.6 Å². The number of carbonyl (C=O) groups excluding carboxylic acids is 1. The number of carbonyl (C=O) groups is 1. The van der Waals surface area contributed by atoms with E-state index in [1.807, 2.05) is 6.07 Å². The van der Waals surface area contributed by atoms with Crippen LogP contribution in [-0.2, 0) is 29.1 Å². The van der Waals surface area contributed by atoms with Crippen LogP contribution in [0.25, 0.3) is 28.4 Å². The van der Waals surface area contributed by atoms with Gasteiger partial charge in [0.25, 0.3) is 5.56 Å². The van der Waals surface area contributed by atoms with Gasteiger partial charge in [-0.15, -0.1) is 0 Å². The molecule has 1 atom stereocenters. The minimum Gasteiger partial charge on any atom is -0.458 e. The number of aliphatic hydroxyl groups is 1. The first-order chi connectivity index (χ1) is 13.5. The Kier molecular flexibility index (Phi) is 2.91. The molecule has 2 aromatic heterocycles. The molecule has 4 heterocycles. The topological polar surface area (TPSA) is 81.4 Å². The predicted octanol–water partition coefficient (Wildman–Crippen LogP) is 2.39. The van der Waals surface area contributed by atoms with Crippen molar-refractivity contribution >= 4 is 22.9 Å². The van der Waals surface area contributed by atoms with E-state index in [0.29, 0.717) is 23.4 Å². The molecule has 6 nitrogen and oxygen atoms in total. The maximum Gasteiger partial charge on any atom is 0.340 e. The zero-order valence-electron chi connectivity index (χ0n) is 15.2. The molecule has 6 rings (SSSR count). The molecule has 0 saturated carbocycles. The number of benzene rings is 1. The van der Waals surface area contributed by atoms with E-state index in [4.69, 9.17) is 9.72 Å². The lowest BCUT2D eigenvalue weighted by atomic mass is 9.89. The largest absolute Gasteiger partial charge is 0.458 e. The van der Waals surface area contributed by atoms with Gasteiger partial charge in [-0.25, -0.2) is 9.78 Å². The molecular formula is C22H16N2O4. The second-order valence-corrected chi connectivity index (χ2v) is 7.58. The van der Waals surface area contributed by atoms with Gasteiger partial charge in [0.2, 0.25) is 0 Å². The minimum atomic E-state index is -1.43. The van der Waals surface area contributed by atoms with Crippen LogP contribution in [0.1, 0.15) is 39.5 Å². The molecular weight excluding hydrogens is 356 g/mol. The van der Waals surface area contributed by atoms with E-state index in [1.165, 1.54) is 16.7 Å². The van der Waals surface area contributed by atoms with Gasteiger partial charge in [-0.1, -0.05) is 18.2 Å². The molecule has 0 fully saturated rings. The SMILES string of the molecule is Cc1ccc2nc3c(c4c2c1C=CC4)Cn1c-3cc2c(c1=O)COC(=O)C2O. The van der Waals surface area contributed by atoms with E-state index >= 15 is 0 Å². The van der Waals surface area contributed by atoms with Gasteiger partial charge in [0.15, 0.2) is 6.10 Å². The van der Waals surface area contributed by atoms with Crippen molar-refractivity contribution in [1.82, 2.24) is 9.55 Å². The number of allylic oxidation sites excluding steroid dienone is 1. The van der Waals surface area contributed by atoms with Crippen LogP contribution in [0.4, 0.5) is 0 Å². The highest BCUT2D eigenvalue weighted by molar-refractivity contribution is 5.97. The fourth-order valence-electron chi connectivity index (χ4n) is 4.68. The predicted molar refractivity (Wildman–Crippen MR) is 103 cm³/mol. The second kappa shape index (κ2) is 5.17. The number of nitrogens with zero attached hydrogens (tertiary/aromatic N) is 2. The Bertz CT molecular complexity index is 1330. The fraction of sp³-hybridized carbons (Fsp3) is 0.227. The monoisotopic (exact) mass is 372 g/mol. The van der Waals surface area contributed by atoms with Crippen molar-refractivity contribution in [1.29, 1.82) is 0 Å². The summed E-state index contributed by atoms with van der Waals surface area (Å²) in [5, 5.41) is 11.4. The Morgan fingerprint density at radius 3 is 2.93 bits per heavy atom. The number of esters is 1. The van der Waals surface area contributed by atoms with Crippen LogP contribution in [0.5, 0.6) is 0 Å². The van der Waals surface area contributed by atoms with Gasteiger partial charge in [-0.05, 0) is 42.2 Å². The molecule has 1 unspecified atom stereocenters. The van der Waals surface area contributed by atoms with Crippen LogP contribution in [0.3, 0.4) is 0 Å². The molecule has 1 aliphatic carbocycles. The van der Waals surface area contributed by atoms with E-state index in [9.17, 15) is 14.7 Å². The summed E-state index contributed by atoms with van der Waals surface area (Å²) < 4.78 is 6.64. The first-order valence-corrected chi connectivity index (χ1v) is 9.28. The first kappa shape index (κ1) is 15.8. The number of aliphatic hydroxyl groups excluding tert-OH is 1. The van der Waals surface area contributed by atoms with E-state index < -0.39 is 12.1 Å². The molecule has 0 spiro atoms. The number of hydrogen-bond donors (Lipinski definition) is 1. The maximum atomic E-state index is 13.1. The third-order valence-electron chi connectivity index (χ3n) is 6.10. The number of pyridine rings is 2. The average molecular weight is 372 g/mol. The van der Waals surface area contributed by atoms with Crippen LogP contribution >= 0.6 is 0 Å². The van der Waals surface area contributed by atoms with E-state index in [0.717, 1.165) is 28.6 Å². The molecule has 0 saturated heterocycles. The van der Waals surface area contributed by atoms with Crippen LogP contribution in [0.15, 0.2) is 29.1 Å². The Morgan fingerprint density at radius 2 is 2.07 bits per heavy atom. The summed E-state index contributed by atoms with van der Waals surface area (Å²) in [5.74, 6) is -0.720. The number of fused-ring (bicyclic) bond motifs is 5. The summed E-state index contributed by atoms with van der Waals surface area (Å²) in [6, 6.07) is 5.81. The molecule has 3 aliphatic rings. The third kappa shape index (κ3) is 1.83. The van der Waals surface area contributed by atoms with Crippen molar-refractivity contribution in [2.24, 2.45) is 0 Å². The fourth-order valence-corrected chi connectivity index (χ4v) is 4.68. The molecule has 1 N–H and O–H groups in total. The first-order valence-electron chi connectivity index (χ1n) is 9.28. The third-order valence-corrected chi connectivity index (χ3v) is 6.10. The smallest absolute Gasteiger partial charge is 0.340 e. The van der Waals surface area contributed by atoms with Gasteiger partial charge in [0.1, 0.15) is 6.61 Å². The number of rotatable bonds is 0. The zero-order valence-corrected chi connectivity index (χ0v) is 15.2. The molecule has 28 heavy (non-hydrogen) atoms. The van der Waals surface area contributed by atoms with Gasteiger partial charge in [-0.2, -0.15) is 0 Å². The molecule has 3 aromatic rings. The van der Waals surface area contributed by atoms with Crippen molar-refractivity contribution in [3.63, 3.8) is 0 Å². The van der Waals surface area contributed by atoms with Gasteiger partial charge < -0.3 is 14.4 Å². The highest BCUT2D eigenvalue weighted by Gasteiger charge is 2.34. The lowest BCUT2D eigenvalue weighted by Gasteiger charge is -2.21. The number of ether oxygens (including phenoxy) is 1. The lowest BCUT2D eigenvalue weighted by molar-refractivity contribution is -0.157. The number of cyclic esters (lactones) is 1. The lowest BCUT2D eigenvalue weighted by Crippen LogP contribution is -2.32. The minimum absolute atomic E-state index is 0.102. The summed E-state index contributed by atoms with van der Waals surface area (Å²) in [6.45, 7) is 2.43. The Hall–Kier alpha value is -3.25. The average Bonchev–Trinajstić information content (AvgIpc) is 3.07. The van der Waals surface area contributed by atoms with Gasteiger partial charge in [0, 0.05) is 16.5 Å². The molecule has 6 heteroatoms. The zero-order chi connectivity index (χ0) is 19.2. The quantitative estimate of drug-likeness (QED) is 0.480. The van der Waals surface area contributed by atoms with Crippen molar-refractivity contribution in [2.45, 2.75) is 32.6 Å². The highest BCUT2D eigenvalue weighted by atomic mass is 16.5. The Balaban J connectivity index is 1.68. The summed E-state index contributed by atoms with van der Waals surface area (Å²) in [6.07, 6.45) is 3.66. The van der Waals surface area contributed by atoms with Crippen molar-refractivity contribution in [2.75, 3.05) is 0 Å².